The Morgan fingerprint density at radius 3 is 2.14 bits per heavy atom. The highest BCUT2D eigenvalue weighted by Gasteiger charge is 2.18. The first kappa shape index (κ1) is 19.1. The fraction of sp³-hybridized carbons (Fsp3) is 0.750. The molecule has 9 nitrogen and oxygen atoms in total. The molecule has 0 bridgehead atoms. The minimum Gasteiger partial charge on any atom is -0.480 e. The van der Waals surface area contributed by atoms with E-state index in [4.69, 9.17) is 19.7 Å². The van der Waals surface area contributed by atoms with Gasteiger partial charge in [-0.3, -0.25) is 9.59 Å². The van der Waals surface area contributed by atoms with E-state index in [2.05, 4.69) is 5.32 Å². The lowest BCUT2D eigenvalue weighted by Crippen LogP contribution is -2.45. The van der Waals surface area contributed by atoms with Gasteiger partial charge in [-0.05, 0) is 12.8 Å². The standard InChI is InChI=1S/C12H22N2O7/c1-20-6-7-21-5-3-2-4-13-12(19)14(8-10(15)16)9-11(17)18/h2-9H2,1H3,(H,13,19)(H,15,16)(H,17,18). The van der Waals surface area contributed by atoms with Crippen LogP contribution in [0.3, 0.4) is 0 Å². The zero-order chi connectivity index (χ0) is 16.1. The third kappa shape index (κ3) is 11.6. The average molecular weight is 306 g/mol. The van der Waals surface area contributed by atoms with Crippen LogP contribution in [0.5, 0.6) is 0 Å². The van der Waals surface area contributed by atoms with Crippen LogP contribution in [0, 0.1) is 0 Å². The van der Waals surface area contributed by atoms with Gasteiger partial charge in [-0.1, -0.05) is 0 Å². The average Bonchev–Trinajstić information content (AvgIpc) is 2.39. The molecule has 0 aromatic rings. The van der Waals surface area contributed by atoms with Crippen molar-refractivity contribution in [3.63, 3.8) is 0 Å². The van der Waals surface area contributed by atoms with Crippen molar-refractivity contribution >= 4 is 18.0 Å². The molecule has 0 aromatic carbocycles. The number of carbonyl (C=O) groups excluding carboxylic acids is 1. The molecule has 0 aliphatic carbocycles. The molecule has 0 spiro atoms. The Morgan fingerprint density at radius 2 is 1.62 bits per heavy atom. The molecule has 0 radical (unpaired) electrons. The summed E-state index contributed by atoms with van der Waals surface area (Å²) >= 11 is 0. The second kappa shape index (κ2) is 11.9. The minimum absolute atomic E-state index is 0.322. The van der Waals surface area contributed by atoms with Crippen LogP contribution in [0.2, 0.25) is 0 Å². The summed E-state index contributed by atoms with van der Waals surface area (Å²) in [5.41, 5.74) is 0. The Balaban J connectivity index is 3.82. The highest BCUT2D eigenvalue weighted by molar-refractivity contribution is 5.84. The number of urea groups is 1. The van der Waals surface area contributed by atoms with Gasteiger partial charge in [0.15, 0.2) is 0 Å². The summed E-state index contributed by atoms with van der Waals surface area (Å²) in [6.45, 7) is 0.579. The van der Waals surface area contributed by atoms with Gasteiger partial charge in [0.05, 0.1) is 13.2 Å². The Bertz CT molecular complexity index is 320. The Morgan fingerprint density at radius 1 is 1.00 bits per heavy atom. The molecule has 0 saturated carbocycles. The Labute approximate surface area is 122 Å². The topological polar surface area (TPSA) is 125 Å². The van der Waals surface area contributed by atoms with Gasteiger partial charge in [0.1, 0.15) is 13.1 Å². The second-order valence-electron chi connectivity index (χ2n) is 4.19. The molecule has 0 saturated heterocycles. The fourth-order valence-electron chi connectivity index (χ4n) is 1.41. The number of nitrogens with zero attached hydrogens (tertiary/aromatic N) is 1. The molecule has 0 aromatic heterocycles. The number of methoxy groups -OCH3 is 1. The van der Waals surface area contributed by atoms with Gasteiger partial charge in [0, 0.05) is 20.3 Å². The number of carboxylic acid groups (broad SMARTS) is 2. The smallest absolute Gasteiger partial charge is 0.323 e. The van der Waals surface area contributed by atoms with Crippen molar-refractivity contribution in [1.29, 1.82) is 0 Å². The van der Waals surface area contributed by atoms with E-state index in [0.717, 1.165) is 11.3 Å². The van der Waals surface area contributed by atoms with Gasteiger partial charge in [-0.25, -0.2) is 4.79 Å². The predicted molar refractivity (Wildman–Crippen MR) is 72.2 cm³/mol. The van der Waals surface area contributed by atoms with E-state index in [-0.39, 0.29) is 0 Å². The molecular formula is C12H22N2O7. The van der Waals surface area contributed by atoms with Gasteiger partial charge in [0.2, 0.25) is 0 Å². The molecule has 0 aliphatic rings. The van der Waals surface area contributed by atoms with Crippen molar-refractivity contribution in [1.82, 2.24) is 10.2 Å². The number of hydrogen-bond donors (Lipinski definition) is 3. The van der Waals surface area contributed by atoms with E-state index < -0.39 is 31.1 Å². The highest BCUT2D eigenvalue weighted by Crippen LogP contribution is 1.93. The molecule has 0 unspecified atom stereocenters. The van der Waals surface area contributed by atoms with Crippen molar-refractivity contribution < 1.29 is 34.1 Å². The van der Waals surface area contributed by atoms with Crippen LogP contribution in [0.25, 0.3) is 0 Å². The van der Waals surface area contributed by atoms with Crippen LogP contribution in [0.15, 0.2) is 0 Å². The minimum atomic E-state index is -1.27. The van der Waals surface area contributed by atoms with Gasteiger partial charge >= 0.3 is 18.0 Å². The van der Waals surface area contributed by atoms with E-state index in [1.165, 1.54) is 0 Å². The van der Waals surface area contributed by atoms with Crippen LogP contribution in [-0.2, 0) is 19.1 Å². The van der Waals surface area contributed by atoms with Crippen LogP contribution in [0.1, 0.15) is 12.8 Å². The first-order valence-electron chi connectivity index (χ1n) is 6.50. The van der Waals surface area contributed by atoms with E-state index in [0.29, 0.717) is 32.8 Å². The molecule has 0 fully saturated rings. The summed E-state index contributed by atoms with van der Waals surface area (Å²) in [5.74, 6) is -2.53. The number of carboxylic acids is 2. The maximum Gasteiger partial charge on any atom is 0.323 e. The number of amides is 2. The number of carbonyl (C=O) groups is 3. The van der Waals surface area contributed by atoms with Crippen molar-refractivity contribution in [2.75, 3.05) is 46.6 Å². The van der Waals surface area contributed by atoms with E-state index in [9.17, 15) is 14.4 Å². The monoisotopic (exact) mass is 306 g/mol. The zero-order valence-electron chi connectivity index (χ0n) is 12.0. The van der Waals surface area contributed by atoms with Gasteiger partial charge in [-0.2, -0.15) is 0 Å². The maximum atomic E-state index is 11.6. The van der Waals surface area contributed by atoms with Crippen LogP contribution < -0.4 is 5.32 Å². The fourth-order valence-corrected chi connectivity index (χ4v) is 1.41. The summed E-state index contributed by atoms with van der Waals surface area (Å²) in [7, 11) is 1.58. The summed E-state index contributed by atoms with van der Waals surface area (Å²) in [6, 6.07) is -0.708. The molecule has 21 heavy (non-hydrogen) atoms. The third-order valence-electron chi connectivity index (χ3n) is 2.36. The van der Waals surface area contributed by atoms with Crippen molar-refractivity contribution in [2.45, 2.75) is 12.8 Å². The predicted octanol–water partition coefficient (Wildman–Crippen LogP) is -0.390. The summed E-state index contributed by atoms with van der Waals surface area (Å²) in [5, 5.41) is 19.7. The quantitative estimate of drug-likeness (QED) is 0.419. The lowest BCUT2D eigenvalue weighted by Gasteiger charge is -2.19. The molecule has 0 rings (SSSR count). The van der Waals surface area contributed by atoms with Crippen LogP contribution in [-0.4, -0.2) is 79.6 Å². The third-order valence-corrected chi connectivity index (χ3v) is 2.36. The van der Waals surface area contributed by atoms with Crippen molar-refractivity contribution in [2.24, 2.45) is 0 Å². The van der Waals surface area contributed by atoms with E-state index in [1.54, 1.807) is 7.11 Å². The zero-order valence-corrected chi connectivity index (χ0v) is 12.0. The number of rotatable bonds is 12. The molecule has 2 amide bonds. The van der Waals surface area contributed by atoms with Gasteiger partial charge < -0.3 is 29.9 Å². The summed E-state index contributed by atoms with van der Waals surface area (Å²) in [4.78, 5) is 33.5. The molecule has 122 valence electrons. The Hall–Kier alpha value is -1.87. The lowest BCUT2D eigenvalue weighted by molar-refractivity contribution is -0.140. The molecule has 3 N–H and O–H groups in total. The first-order chi connectivity index (χ1) is 9.97. The molecule has 9 heteroatoms. The largest absolute Gasteiger partial charge is 0.480 e. The summed E-state index contributed by atoms with van der Waals surface area (Å²) in [6.07, 6.45) is 1.37. The van der Waals surface area contributed by atoms with Gasteiger partial charge in [0.25, 0.3) is 0 Å². The normalized spacial score (nSPS) is 10.1. The molecule has 0 aliphatic heterocycles. The van der Waals surface area contributed by atoms with E-state index >= 15 is 0 Å². The summed E-state index contributed by atoms with van der Waals surface area (Å²) < 4.78 is 10.0. The maximum absolute atomic E-state index is 11.6. The number of hydrogen-bond acceptors (Lipinski definition) is 5. The number of ether oxygens (including phenoxy) is 2. The second-order valence-corrected chi connectivity index (χ2v) is 4.19. The van der Waals surface area contributed by atoms with Crippen molar-refractivity contribution in [3.05, 3.63) is 0 Å². The number of nitrogens with one attached hydrogen (secondary N) is 1. The van der Waals surface area contributed by atoms with Crippen LogP contribution in [0.4, 0.5) is 4.79 Å². The molecule has 0 atom stereocenters. The SMILES string of the molecule is COCCOCCCCNC(=O)N(CC(=O)O)CC(=O)O. The van der Waals surface area contributed by atoms with E-state index in [1.807, 2.05) is 0 Å². The van der Waals surface area contributed by atoms with Crippen LogP contribution >= 0.6 is 0 Å². The number of unbranched alkanes of at least 4 members (excludes halogenated alkanes) is 1. The Kier molecular flexibility index (Phi) is 10.9. The molecular weight excluding hydrogens is 284 g/mol. The van der Waals surface area contributed by atoms with Crippen molar-refractivity contribution in [3.8, 4) is 0 Å². The highest BCUT2D eigenvalue weighted by atomic mass is 16.5. The first-order valence-corrected chi connectivity index (χ1v) is 6.50. The van der Waals surface area contributed by atoms with Gasteiger partial charge in [-0.15, -0.1) is 0 Å². The molecule has 0 heterocycles. The lowest BCUT2D eigenvalue weighted by atomic mass is 10.3. The number of aliphatic carboxylic acids is 2.